The summed E-state index contributed by atoms with van der Waals surface area (Å²) in [5.41, 5.74) is 3.38. The van der Waals surface area contributed by atoms with Gasteiger partial charge in [-0.3, -0.25) is 0 Å². The van der Waals surface area contributed by atoms with E-state index < -0.39 is 0 Å². The second kappa shape index (κ2) is 14.4. The van der Waals surface area contributed by atoms with Gasteiger partial charge in [-0.15, -0.1) is 81.2 Å². The van der Waals surface area contributed by atoms with E-state index in [1.54, 1.807) is 0 Å². The fraction of sp³-hybridized carbons (Fsp3) is 0.310. The molecule has 0 atom stereocenters. The van der Waals surface area contributed by atoms with Crippen molar-refractivity contribution in [3.63, 3.8) is 0 Å². The second-order valence-corrected chi connectivity index (χ2v) is 9.60. The van der Waals surface area contributed by atoms with Crippen molar-refractivity contribution < 1.29 is 51.0 Å². The van der Waals surface area contributed by atoms with Crippen molar-refractivity contribution >= 4 is 21.5 Å². The summed E-state index contributed by atoms with van der Waals surface area (Å²) in [7, 11) is 0. The van der Waals surface area contributed by atoms with E-state index in [0.717, 1.165) is 6.42 Å². The van der Waals surface area contributed by atoms with Crippen molar-refractivity contribution in [1.29, 1.82) is 0 Å². The molecule has 4 rings (SSSR count). The molecule has 0 heterocycles. The van der Waals surface area contributed by atoms with Gasteiger partial charge in [0.25, 0.3) is 0 Å². The number of benzene rings is 2. The maximum Gasteiger partial charge on any atom is 2.00 e. The third-order valence-electron chi connectivity index (χ3n) is 4.97. The van der Waals surface area contributed by atoms with Gasteiger partial charge in [0.05, 0.1) is 0 Å². The fourth-order valence-electron chi connectivity index (χ4n) is 3.17. The molecule has 0 aliphatic heterocycles. The Bertz CT molecular complexity index is 876. The Labute approximate surface area is 227 Å². The summed E-state index contributed by atoms with van der Waals surface area (Å²) >= 11 is 0. The van der Waals surface area contributed by atoms with Gasteiger partial charge in [-0.2, -0.15) is 12.1 Å². The minimum Gasteiger partial charge on any atom is -1.00 e. The SMILES string of the molecule is CC(C)(C)c1cc2ccccc2[cH-]1.CC(C)(C)c1cc2ccccc2[cH-]1.[CH2-]C[CH2-].[Cl-].[Cl-].[Zr+2]. The number of fused-ring (bicyclic) bond motifs is 2. The predicted octanol–water partition coefficient (Wildman–Crippen LogP) is 2.76. The first kappa shape index (κ1) is 33.3. The van der Waals surface area contributed by atoms with E-state index in [-0.39, 0.29) is 61.8 Å². The molecule has 0 N–H and O–H groups in total. The number of hydrogen-bond acceptors (Lipinski definition) is 0. The summed E-state index contributed by atoms with van der Waals surface area (Å²) in [4.78, 5) is 0. The predicted molar refractivity (Wildman–Crippen MR) is 132 cm³/mol. The van der Waals surface area contributed by atoms with Crippen LogP contribution in [0.1, 0.15) is 59.1 Å². The average Bonchev–Trinajstić information content (AvgIpc) is 3.26. The molecule has 4 aromatic rings. The maximum atomic E-state index is 3.38. The van der Waals surface area contributed by atoms with Crippen molar-refractivity contribution in [3.8, 4) is 0 Å². The molecule has 0 aliphatic rings. The van der Waals surface area contributed by atoms with Crippen LogP contribution in [0.5, 0.6) is 0 Å². The van der Waals surface area contributed by atoms with Gasteiger partial charge in [-0.1, -0.05) is 53.7 Å². The van der Waals surface area contributed by atoms with Crippen LogP contribution < -0.4 is 24.8 Å². The van der Waals surface area contributed by atoms with Gasteiger partial charge in [0.15, 0.2) is 0 Å². The zero-order valence-corrected chi connectivity index (χ0v) is 24.3. The summed E-state index contributed by atoms with van der Waals surface area (Å²) in [5.74, 6) is 0. The summed E-state index contributed by atoms with van der Waals surface area (Å²) < 4.78 is 0. The molecule has 174 valence electrons. The zero-order chi connectivity index (χ0) is 21.7. The first-order valence-corrected chi connectivity index (χ1v) is 10.5. The molecule has 0 amide bonds. The smallest absolute Gasteiger partial charge is 1.00 e. The van der Waals surface area contributed by atoms with Crippen molar-refractivity contribution in [3.05, 3.63) is 97.8 Å². The van der Waals surface area contributed by atoms with E-state index in [1.165, 1.54) is 32.7 Å². The van der Waals surface area contributed by atoms with Gasteiger partial charge in [-0.25, -0.2) is 0 Å². The third-order valence-corrected chi connectivity index (χ3v) is 4.97. The summed E-state index contributed by atoms with van der Waals surface area (Å²) in [6.45, 7) is 20.3. The second-order valence-electron chi connectivity index (χ2n) is 9.60. The molecule has 0 aromatic heterocycles. The normalized spacial score (nSPS) is 10.5. The zero-order valence-electron chi connectivity index (χ0n) is 20.3. The standard InChI is InChI=1S/2C13H15.C3H6.2ClH.Zr/c2*1-13(2,3)12-8-10-6-4-5-7-11(10)9-12;1-3-2;;;/h2*4-9H,1-3H3;1-3H2;2*1H;/q2*-1;-2;;;+2/p-2. The monoisotopic (exact) mass is 544 g/mol. The van der Waals surface area contributed by atoms with E-state index in [4.69, 9.17) is 0 Å². The Morgan fingerprint density at radius 2 is 0.906 bits per heavy atom. The minimum absolute atomic E-state index is 0. The van der Waals surface area contributed by atoms with Gasteiger partial charge in [0, 0.05) is 0 Å². The number of hydrogen-bond donors (Lipinski definition) is 0. The molecule has 0 fully saturated rings. The number of rotatable bonds is 0. The first-order valence-electron chi connectivity index (χ1n) is 10.5. The van der Waals surface area contributed by atoms with Crippen molar-refractivity contribution in [2.24, 2.45) is 0 Å². The molecule has 4 aromatic carbocycles. The Hall–Kier alpha value is -0.877. The van der Waals surface area contributed by atoms with Gasteiger partial charge in [0.2, 0.25) is 0 Å². The maximum absolute atomic E-state index is 3.38. The van der Waals surface area contributed by atoms with E-state index >= 15 is 0 Å². The third kappa shape index (κ3) is 9.55. The largest absolute Gasteiger partial charge is 2.00 e. The summed E-state index contributed by atoms with van der Waals surface area (Å²) in [5, 5.41) is 5.42. The van der Waals surface area contributed by atoms with Gasteiger partial charge < -0.3 is 45.1 Å². The van der Waals surface area contributed by atoms with E-state index in [2.05, 4.69) is 128 Å². The number of halogens is 2. The molecule has 0 saturated heterocycles. The molecule has 0 spiro atoms. The van der Waals surface area contributed by atoms with Crippen LogP contribution in [0.15, 0.2) is 72.8 Å². The van der Waals surface area contributed by atoms with Crippen LogP contribution in [0.25, 0.3) is 21.5 Å². The topological polar surface area (TPSA) is 0 Å². The van der Waals surface area contributed by atoms with Crippen LogP contribution in [0, 0.1) is 13.8 Å². The Balaban J connectivity index is 0. The molecule has 3 heteroatoms. The van der Waals surface area contributed by atoms with Crippen molar-refractivity contribution in [2.75, 3.05) is 0 Å². The Morgan fingerprint density at radius 3 is 1.16 bits per heavy atom. The quantitative estimate of drug-likeness (QED) is 0.298. The van der Waals surface area contributed by atoms with E-state index in [1.807, 2.05) is 0 Å². The van der Waals surface area contributed by atoms with E-state index in [9.17, 15) is 0 Å². The van der Waals surface area contributed by atoms with E-state index in [0.29, 0.717) is 0 Å². The van der Waals surface area contributed by atoms with Gasteiger partial charge in [0.1, 0.15) is 0 Å². The summed E-state index contributed by atoms with van der Waals surface area (Å²) in [6, 6.07) is 26.2. The molecule has 0 unspecified atom stereocenters. The molecular formula is C29H36Cl2Zr-4. The van der Waals surface area contributed by atoms with Crippen LogP contribution >= 0.6 is 0 Å². The Morgan fingerprint density at radius 1 is 0.625 bits per heavy atom. The molecule has 0 bridgehead atoms. The van der Waals surface area contributed by atoms with Crippen LogP contribution in [0.4, 0.5) is 0 Å². The van der Waals surface area contributed by atoms with Crippen molar-refractivity contribution in [1.82, 2.24) is 0 Å². The minimum atomic E-state index is 0. The molecule has 32 heavy (non-hydrogen) atoms. The van der Waals surface area contributed by atoms with Gasteiger partial charge >= 0.3 is 26.2 Å². The molecule has 0 aliphatic carbocycles. The fourth-order valence-corrected chi connectivity index (χ4v) is 3.17. The van der Waals surface area contributed by atoms with Crippen LogP contribution in [-0.2, 0) is 37.0 Å². The molecular weight excluding hydrogens is 510 g/mol. The van der Waals surface area contributed by atoms with Gasteiger partial charge in [-0.05, 0) is 10.8 Å². The molecule has 0 saturated carbocycles. The molecule has 0 nitrogen and oxygen atoms in total. The average molecular weight is 547 g/mol. The van der Waals surface area contributed by atoms with Crippen LogP contribution in [-0.4, -0.2) is 0 Å². The summed E-state index contributed by atoms with van der Waals surface area (Å²) in [6.07, 6.45) is 0.750. The first-order chi connectivity index (χ1) is 13.6. The van der Waals surface area contributed by atoms with Crippen LogP contribution in [0.3, 0.4) is 0 Å². The molecule has 0 radical (unpaired) electrons. The Kier molecular flexibility index (Phi) is 15.0. The van der Waals surface area contributed by atoms with Crippen molar-refractivity contribution in [2.45, 2.75) is 58.8 Å². The van der Waals surface area contributed by atoms with Crippen LogP contribution in [0.2, 0.25) is 0 Å².